The SMILES string of the molecule is COC(CNC(=O)c1cc(C)n(-c2cccc(Cl)c2)n1)C(=O)O. The first-order valence-corrected chi connectivity index (χ1v) is 7.16. The van der Waals surface area contributed by atoms with Crippen LogP contribution in [0.15, 0.2) is 30.3 Å². The molecule has 2 aromatic rings. The van der Waals surface area contributed by atoms with E-state index in [2.05, 4.69) is 10.4 Å². The lowest BCUT2D eigenvalue weighted by Crippen LogP contribution is -2.38. The summed E-state index contributed by atoms with van der Waals surface area (Å²) in [5, 5.41) is 16.1. The van der Waals surface area contributed by atoms with Crippen LogP contribution in [0.1, 0.15) is 16.2 Å². The topological polar surface area (TPSA) is 93.5 Å². The van der Waals surface area contributed by atoms with Gasteiger partial charge in [-0.05, 0) is 31.2 Å². The average molecular weight is 338 g/mol. The molecule has 1 unspecified atom stereocenters. The Balaban J connectivity index is 2.14. The highest BCUT2D eigenvalue weighted by Gasteiger charge is 2.19. The van der Waals surface area contributed by atoms with Crippen molar-refractivity contribution >= 4 is 23.5 Å². The van der Waals surface area contributed by atoms with E-state index >= 15 is 0 Å². The summed E-state index contributed by atoms with van der Waals surface area (Å²) in [6.07, 6.45) is -1.10. The maximum Gasteiger partial charge on any atom is 0.334 e. The molecule has 2 N–H and O–H groups in total. The number of carbonyl (C=O) groups is 2. The van der Waals surface area contributed by atoms with Gasteiger partial charge in [0.2, 0.25) is 0 Å². The molecule has 0 bridgehead atoms. The molecule has 23 heavy (non-hydrogen) atoms. The summed E-state index contributed by atoms with van der Waals surface area (Å²) < 4.78 is 6.34. The van der Waals surface area contributed by atoms with Crippen LogP contribution in [0.25, 0.3) is 5.69 Å². The molecule has 0 saturated carbocycles. The van der Waals surface area contributed by atoms with E-state index in [1.54, 1.807) is 35.9 Å². The molecular formula is C15H16ClN3O4. The van der Waals surface area contributed by atoms with E-state index in [-0.39, 0.29) is 12.2 Å². The second-order valence-corrected chi connectivity index (χ2v) is 5.27. The van der Waals surface area contributed by atoms with E-state index in [0.29, 0.717) is 5.02 Å². The van der Waals surface area contributed by atoms with Crippen molar-refractivity contribution in [2.45, 2.75) is 13.0 Å². The van der Waals surface area contributed by atoms with Crippen molar-refractivity contribution in [1.82, 2.24) is 15.1 Å². The van der Waals surface area contributed by atoms with Crippen LogP contribution in [0.3, 0.4) is 0 Å². The number of nitrogens with zero attached hydrogens (tertiary/aromatic N) is 2. The highest BCUT2D eigenvalue weighted by Crippen LogP contribution is 2.16. The van der Waals surface area contributed by atoms with Crippen LogP contribution in [0, 0.1) is 6.92 Å². The highest BCUT2D eigenvalue weighted by atomic mass is 35.5. The lowest BCUT2D eigenvalue weighted by molar-refractivity contribution is -0.148. The molecule has 122 valence electrons. The number of carboxylic acids is 1. The second-order valence-electron chi connectivity index (χ2n) is 4.84. The molecule has 0 aliphatic carbocycles. The van der Waals surface area contributed by atoms with E-state index in [0.717, 1.165) is 11.4 Å². The summed E-state index contributed by atoms with van der Waals surface area (Å²) in [5.74, 6) is -1.62. The van der Waals surface area contributed by atoms with Gasteiger partial charge in [0, 0.05) is 17.8 Å². The number of methoxy groups -OCH3 is 1. The number of rotatable bonds is 6. The summed E-state index contributed by atoms with van der Waals surface area (Å²) in [6.45, 7) is 1.66. The molecule has 7 nitrogen and oxygen atoms in total. The second kappa shape index (κ2) is 7.26. The first-order valence-electron chi connectivity index (χ1n) is 6.78. The van der Waals surface area contributed by atoms with Crippen molar-refractivity contribution in [2.75, 3.05) is 13.7 Å². The fourth-order valence-electron chi connectivity index (χ4n) is 2.00. The number of nitrogens with one attached hydrogen (secondary N) is 1. The lowest BCUT2D eigenvalue weighted by atomic mass is 10.3. The molecular weight excluding hydrogens is 322 g/mol. The van der Waals surface area contributed by atoms with Gasteiger partial charge < -0.3 is 15.2 Å². The van der Waals surface area contributed by atoms with Gasteiger partial charge in [-0.15, -0.1) is 0 Å². The van der Waals surface area contributed by atoms with Crippen molar-refractivity contribution in [3.63, 3.8) is 0 Å². The molecule has 0 fully saturated rings. The smallest absolute Gasteiger partial charge is 0.334 e. The van der Waals surface area contributed by atoms with Gasteiger partial charge >= 0.3 is 5.97 Å². The number of hydrogen-bond donors (Lipinski definition) is 2. The summed E-state index contributed by atoms with van der Waals surface area (Å²) >= 11 is 5.96. The number of aromatic nitrogens is 2. The van der Waals surface area contributed by atoms with Gasteiger partial charge in [0.25, 0.3) is 5.91 Å². The van der Waals surface area contributed by atoms with Crippen molar-refractivity contribution in [2.24, 2.45) is 0 Å². The van der Waals surface area contributed by atoms with Crippen LogP contribution in [0.2, 0.25) is 5.02 Å². The van der Waals surface area contributed by atoms with Crippen LogP contribution in [-0.2, 0) is 9.53 Å². The lowest BCUT2D eigenvalue weighted by Gasteiger charge is -2.10. The van der Waals surface area contributed by atoms with E-state index < -0.39 is 18.0 Å². The quantitative estimate of drug-likeness (QED) is 0.836. The minimum Gasteiger partial charge on any atom is -0.479 e. The maximum absolute atomic E-state index is 12.1. The first kappa shape index (κ1) is 17.0. The first-order chi connectivity index (χ1) is 10.9. The van der Waals surface area contributed by atoms with E-state index in [9.17, 15) is 9.59 Å². The van der Waals surface area contributed by atoms with E-state index in [4.69, 9.17) is 21.4 Å². The molecule has 1 heterocycles. The van der Waals surface area contributed by atoms with Gasteiger partial charge in [-0.25, -0.2) is 9.48 Å². The average Bonchev–Trinajstić information content (AvgIpc) is 2.89. The Hall–Kier alpha value is -2.38. The summed E-state index contributed by atoms with van der Waals surface area (Å²) in [4.78, 5) is 22.9. The third kappa shape index (κ3) is 4.08. The number of halogens is 1. The number of aryl methyl sites for hydroxylation is 1. The van der Waals surface area contributed by atoms with E-state index in [1.165, 1.54) is 7.11 Å². The maximum atomic E-state index is 12.1. The normalized spacial score (nSPS) is 12.0. The fraction of sp³-hybridized carbons (Fsp3) is 0.267. The van der Waals surface area contributed by atoms with Gasteiger partial charge in [-0.3, -0.25) is 4.79 Å². The van der Waals surface area contributed by atoms with E-state index in [1.807, 2.05) is 6.07 Å². The Morgan fingerprint density at radius 1 is 1.43 bits per heavy atom. The van der Waals surface area contributed by atoms with Crippen molar-refractivity contribution in [1.29, 1.82) is 0 Å². The molecule has 0 aliphatic rings. The van der Waals surface area contributed by atoms with Gasteiger partial charge in [0.15, 0.2) is 11.8 Å². The predicted molar refractivity (Wildman–Crippen MR) is 84.1 cm³/mol. The molecule has 1 aromatic carbocycles. The molecule has 0 radical (unpaired) electrons. The Bertz CT molecular complexity index is 729. The molecule has 8 heteroatoms. The number of amides is 1. The van der Waals surface area contributed by atoms with Crippen LogP contribution in [0.5, 0.6) is 0 Å². The summed E-state index contributed by atoms with van der Waals surface area (Å²) in [6, 6.07) is 8.69. The molecule has 1 amide bonds. The number of benzene rings is 1. The third-order valence-electron chi connectivity index (χ3n) is 3.18. The minimum atomic E-state index is -1.14. The zero-order valence-electron chi connectivity index (χ0n) is 12.6. The highest BCUT2D eigenvalue weighted by molar-refractivity contribution is 6.30. The zero-order chi connectivity index (χ0) is 17.0. The van der Waals surface area contributed by atoms with Gasteiger partial charge in [0.1, 0.15) is 0 Å². The van der Waals surface area contributed by atoms with Crippen LogP contribution in [-0.4, -0.2) is 46.5 Å². The minimum absolute atomic E-state index is 0.145. The Morgan fingerprint density at radius 3 is 2.78 bits per heavy atom. The fourth-order valence-corrected chi connectivity index (χ4v) is 2.19. The van der Waals surface area contributed by atoms with Crippen molar-refractivity contribution in [3.05, 3.63) is 46.7 Å². The number of hydrogen-bond acceptors (Lipinski definition) is 4. The molecule has 2 rings (SSSR count). The number of aliphatic carboxylic acids is 1. The number of ether oxygens (including phenoxy) is 1. The standard InChI is InChI=1S/C15H16ClN3O4/c1-9-6-12(14(20)17-8-13(23-2)15(21)22)18-19(9)11-5-3-4-10(16)7-11/h3-7,13H,8H2,1-2H3,(H,17,20)(H,21,22). The number of carboxylic acid groups (broad SMARTS) is 1. The van der Waals surface area contributed by atoms with Gasteiger partial charge in [0.05, 0.1) is 12.2 Å². The van der Waals surface area contributed by atoms with Crippen LogP contribution >= 0.6 is 11.6 Å². The molecule has 0 aliphatic heterocycles. The zero-order valence-corrected chi connectivity index (χ0v) is 13.4. The molecule has 1 aromatic heterocycles. The largest absolute Gasteiger partial charge is 0.479 e. The van der Waals surface area contributed by atoms with Crippen LogP contribution in [0.4, 0.5) is 0 Å². The van der Waals surface area contributed by atoms with Gasteiger partial charge in [-0.1, -0.05) is 17.7 Å². The third-order valence-corrected chi connectivity index (χ3v) is 3.42. The summed E-state index contributed by atoms with van der Waals surface area (Å²) in [7, 11) is 1.27. The molecule has 0 saturated heterocycles. The Morgan fingerprint density at radius 2 is 2.17 bits per heavy atom. The Labute approximate surface area is 137 Å². The van der Waals surface area contributed by atoms with Crippen molar-refractivity contribution in [3.8, 4) is 5.69 Å². The molecule has 1 atom stereocenters. The monoisotopic (exact) mass is 337 g/mol. The van der Waals surface area contributed by atoms with Crippen LogP contribution < -0.4 is 5.32 Å². The van der Waals surface area contributed by atoms with Gasteiger partial charge in [-0.2, -0.15) is 5.10 Å². The number of carbonyl (C=O) groups excluding carboxylic acids is 1. The van der Waals surface area contributed by atoms with Crippen molar-refractivity contribution < 1.29 is 19.4 Å². The molecule has 0 spiro atoms. The summed E-state index contributed by atoms with van der Waals surface area (Å²) in [5.41, 5.74) is 1.66. The predicted octanol–water partition coefficient (Wildman–Crippen LogP) is 1.66. The Kier molecular flexibility index (Phi) is 5.36.